The van der Waals surface area contributed by atoms with Crippen molar-refractivity contribution >= 4 is 6.09 Å². The van der Waals surface area contributed by atoms with Gasteiger partial charge in [-0.25, -0.2) is 4.79 Å². The predicted octanol–water partition coefficient (Wildman–Crippen LogP) is 4.07. The first kappa shape index (κ1) is 17.8. The highest BCUT2D eigenvalue weighted by Crippen LogP contribution is 2.34. The molecule has 0 saturated heterocycles. The lowest BCUT2D eigenvalue weighted by Gasteiger charge is -2.34. The van der Waals surface area contributed by atoms with Crippen molar-refractivity contribution in [3.05, 3.63) is 35.4 Å². The van der Waals surface area contributed by atoms with Gasteiger partial charge in [0.1, 0.15) is 0 Å². The van der Waals surface area contributed by atoms with Crippen LogP contribution in [0, 0.1) is 0 Å². The van der Waals surface area contributed by atoms with Crippen LogP contribution in [-0.2, 0) is 11.3 Å². The Labute approximate surface area is 139 Å². The second-order valence-corrected chi connectivity index (χ2v) is 6.48. The van der Waals surface area contributed by atoms with Crippen LogP contribution in [0.4, 0.5) is 4.79 Å². The number of rotatable bonds is 6. The molecule has 0 spiro atoms. The topological polar surface area (TPSA) is 49.8 Å². The molecule has 0 radical (unpaired) electrons. The largest absolute Gasteiger partial charge is 0.449 e. The number of amides is 1. The van der Waals surface area contributed by atoms with Crippen LogP contribution >= 0.6 is 0 Å². The van der Waals surface area contributed by atoms with E-state index in [1.54, 1.807) is 4.90 Å². The third kappa shape index (κ3) is 4.96. The summed E-state index contributed by atoms with van der Waals surface area (Å²) in [6.07, 6.45) is 6.00. The lowest BCUT2D eigenvalue weighted by molar-refractivity contribution is 0.0864. The van der Waals surface area contributed by atoms with Gasteiger partial charge < -0.3 is 14.7 Å². The minimum absolute atomic E-state index is 0.0952. The normalized spacial score (nSPS) is 21.0. The van der Waals surface area contributed by atoms with Crippen LogP contribution in [0.2, 0.25) is 0 Å². The minimum Gasteiger partial charge on any atom is -0.449 e. The van der Waals surface area contributed by atoms with Gasteiger partial charge >= 0.3 is 6.09 Å². The zero-order chi connectivity index (χ0) is 16.7. The van der Waals surface area contributed by atoms with Crippen LogP contribution in [0.15, 0.2) is 24.3 Å². The number of carbonyl (C=O) groups is 1. The molecule has 4 heteroatoms. The molecular weight excluding hydrogens is 290 g/mol. The molecule has 1 aromatic carbocycles. The maximum absolute atomic E-state index is 12.0. The van der Waals surface area contributed by atoms with Crippen LogP contribution in [0.1, 0.15) is 62.5 Å². The van der Waals surface area contributed by atoms with Crippen molar-refractivity contribution in [1.82, 2.24) is 4.90 Å². The third-order valence-electron chi connectivity index (χ3n) is 4.89. The quantitative estimate of drug-likeness (QED) is 0.804. The van der Waals surface area contributed by atoms with E-state index in [4.69, 9.17) is 9.84 Å². The van der Waals surface area contributed by atoms with E-state index in [0.717, 1.165) is 44.1 Å². The van der Waals surface area contributed by atoms with E-state index >= 15 is 0 Å². The molecule has 1 fully saturated rings. The van der Waals surface area contributed by atoms with E-state index < -0.39 is 0 Å². The van der Waals surface area contributed by atoms with Crippen molar-refractivity contribution < 1.29 is 14.6 Å². The number of carbonyl (C=O) groups excluding carboxylic acids is 1. The molecule has 0 aromatic heterocycles. The van der Waals surface area contributed by atoms with Crippen molar-refractivity contribution in [2.45, 2.75) is 64.0 Å². The fourth-order valence-electron chi connectivity index (χ4n) is 3.25. The molecule has 1 aliphatic rings. The molecule has 1 amide bonds. The fourth-order valence-corrected chi connectivity index (χ4v) is 3.25. The highest BCUT2D eigenvalue weighted by atomic mass is 16.6. The lowest BCUT2D eigenvalue weighted by Crippen LogP contribution is -2.39. The molecular formula is C19H29NO3. The summed E-state index contributed by atoms with van der Waals surface area (Å²) in [6, 6.07) is 8.53. The molecule has 4 nitrogen and oxygen atoms in total. The summed E-state index contributed by atoms with van der Waals surface area (Å²) in [5, 5.41) is 9.11. The van der Waals surface area contributed by atoms with E-state index in [1.807, 2.05) is 19.2 Å². The molecule has 0 aliphatic heterocycles. The second-order valence-electron chi connectivity index (χ2n) is 6.48. The molecule has 2 rings (SSSR count). The zero-order valence-corrected chi connectivity index (χ0v) is 14.3. The van der Waals surface area contributed by atoms with Crippen LogP contribution in [0.5, 0.6) is 0 Å². The number of hydrogen-bond acceptors (Lipinski definition) is 3. The van der Waals surface area contributed by atoms with Gasteiger partial charge in [0.25, 0.3) is 0 Å². The number of nitrogens with zero attached hydrogens (tertiary/aromatic N) is 1. The maximum Gasteiger partial charge on any atom is 0.409 e. The van der Waals surface area contributed by atoms with Gasteiger partial charge in [0.05, 0.1) is 13.2 Å². The summed E-state index contributed by atoms with van der Waals surface area (Å²) in [5.74, 6) is 0.559. The van der Waals surface area contributed by atoms with E-state index in [-0.39, 0.29) is 18.7 Å². The van der Waals surface area contributed by atoms with Crippen LogP contribution in [0.25, 0.3) is 0 Å². The number of aliphatic hydroxyl groups is 1. The first-order chi connectivity index (χ1) is 11.2. The molecule has 0 unspecified atom stereocenters. The van der Waals surface area contributed by atoms with Crippen LogP contribution < -0.4 is 0 Å². The van der Waals surface area contributed by atoms with Gasteiger partial charge in [-0.3, -0.25) is 0 Å². The molecule has 0 atom stereocenters. The van der Waals surface area contributed by atoms with Gasteiger partial charge in [-0.05, 0) is 49.1 Å². The van der Waals surface area contributed by atoms with Gasteiger partial charge in [0.2, 0.25) is 0 Å². The highest BCUT2D eigenvalue weighted by molar-refractivity contribution is 5.67. The van der Waals surface area contributed by atoms with E-state index in [9.17, 15) is 4.79 Å². The summed E-state index contributed by atoms with van der Waals surface area (Å²) in [7, 11) is 1.86. The SMILES string of the molecule is CCCCOC(=O)N(C)C1CCC(c2ccc(CO)cc2)CC1. The Kier molecular flexibility index (Phi) is 6.90. The number of unbranched alkanes of at least 4 members (excludes halogenated alkanes) is 1. The summed E-state index contributed by atoms with van der Waals surface area (Å²) >= 11 is 0. The van der Waals surface area contributed by atoms with Gasteiger partial charge in [-0.1, -0.05) is 37.6 Å². The number of hydrogen-bond donors (Lipinski definition) is 1. The van der Waals surface area contributed by atoms with E-state index in [2.05, 4.69) is 19.1 Å². The predicted molar refractivity (Wildman–Crippen MR) is 91.4 cm³/mol. The van der Waals surface area contributed by atoms with Crippen molar-refractivity contribution in [3.8, 4) is 0 Å². The molecule has 1 aliphatic carbocycles. The van der Waals surface area contributed by atoms with E-state index in [1.165, 1.54) is 5.56 Å². The summed E-state index contributed by atoms with van der Waals surface area (Å²) in [4.78, 5) is 13.8. The van der Waals surface area contributed by atoms with Crippen molar-refractivity contribution in [3.63, 3.8) is 0 Å². The Hall–Kier alpha value is -1.55. The van der Waals surface area contributed by atoms with Gasteiger partial charge in [0.15, 0.2) is 0 Å². The highest BCUT2D eigenvalue weighted by Gasteiger charge is 2.27. The Morgan fingerprint density at radius 3 is 2.43 bits per heavy atom. The smallest absolute Gasteiger partial charge is 0.409 e. The maximum atomic E-state index is 12.0. The van der Waals surface area contributed by atoms with Crippen molar-refractivity contribution in [1.29, 1.82) is 0 Å². The summed E-state index contributed by atoms with van der Waals surface area (Å²) in [6.45, 7) is 2.70. The van der Waals surface area contributed by atoms with Gasteiger partial charge in [-0.15, -0.1) is 0 Å². The average Bonchev–Trinajstić information content (AvgIpc) is 2.61. The van der Waals surface area contributed by atoms with Crippen molar-refractivity contribution in [2.75, 3.05) is 13.7 Å². The Bertz CT molecular complexity index is 478. The molecule has 1 aromatic rings. The minimum atomic E-state index is -0.186. The number of ether oxygens (including phenoxy) is 1. The fraction of sp³-hybridized carbons (Fsp3) is 0.632. The average molecular weight is 319 g/mol. The molecule has 128 valence electrons. The van der Waals surface area contributed by atoms with Crippen LogP contribution in [-0.4, -0.2) is 35.8 Å². The number of aliphatic hydroxyl groups excluding tert-OH is 1. The molecule has 0 bridgehead atoms. The van der Waals surface area contributed by atoms with Gasteiger partial charge in [0, 0.05) is 13.1 Å². The monoisotopic (exact) mass is 319 g/mol. The number of benzene rings is 1. The Balaban J connectivity index is 1.81. The standard InChI is InChI=1S/C19H29NO3/c1-3-4-13-23-19(22)20(2)18-11-9-17(10-12-18)16-7-5-15(14-21)6-8-16/h5-8,17-18,21H,3-4,9-14H2,1-2H3. The van der Waals surface area contributed by atoms with Gasteiger partial charge in [-0.2, -0.15) is 0 Å². The first-order valence-electron chi connectivity index (χ1n) is 8.75. The lowest BCUT2D eigenvalue weighted by atomic mass is 9.81. The molecule has 1 N–H and O–H groups in total. The first-order valence-corrected chi connectivity index (χ1v) is 8.75. The molecule has 0 heterocycles. The summed E-state index contributed by atoms with van der Waals surface area (Å²) in [5.41, 5.74) is 2.30. The Morgan fingerprint density at radius 1 is 1.22 bits per heavy atom. The van der Waals surface area contributed by atoms with E-state index in [0.29, 0.717) is 12.5 Å². The summed E-state index contributed by atoms with van der Waals surface area (Å²) < 4.78 is 5.30. The third-order valence-corrected chi connectivity index (χ3v) is 4.89. The molecule has 1 saturated carbocycles. The van der Waals surface area contributed by atoms with Crippen LogP contribution in [0.3, 0.4) is 0 Å². The molecule has 23 heavy (non-hydrogen) atoms. The zero-order valence-electron chi connectivity index (χ0n) is 14.3. The second kappa shape index (κ2) is 8.92. The van der Waals surface area contributed by atoms with Crippen molar-refractivity contribution in [2.24, 2.45) is 0 Å². The Morgan fingerprint density at radius 2 is 1.87 bits per heavy atom.